The van der Waals surface area contributed by atoms with Crippen LogP contribution in [-0.2, 0) is 15.2 Å². The first-order valence-corrected chi connectivity index (χ1v) is 11.5. The van der Waals surface area contributed by atoms with Crippen LogP contribution >= 0.6 is 0 Å². The number of nitrogens with zero attached hydrogens (tertiary/aromatic N) is 2. The number of amides is 2. The average Bonchev–Trinajstić information content (AvgIpc) is 3.37. The molecule has 1 saturated heterocycles. The van der Waals surface area contributed by atoms with Crippen molar-refractivity contribution >= 4 is 23.3 Å². The molecule has 3 aromatic carbocycles. The number of hydrogen-bond acceptors (Lipinski definition) is 7. The van der Waals surface area contributed by atoms with Crippen molar-refractivity contribution in [3.05, 3.63) is 112 Å². The molecule has 1 heterocycles. The number of Topliss-reactive ketones (excluding diaryl/α,β-unsaturated/α-hetero) is 1. The van der Waals surface area contributed by atoms with Crippen LogP contribution < -0.4 is 5.32 Å². The lowest BCUT2D eigenvalue weighted by molar-refractivity contribution is -0.384. The average molecular weight is 488 g/mol. The molecule has 0 aromatic heterocycles. The van der Waals surface area contributed by atoms with Gasteiger partial charge in [0.1, 0.15) is 0 Å². The molecular weight excluding hydrogens is 462 g/mol. The van der Waals surface area contributed by atoms with E-state index in [4.69, 9.17) is 0 Å². The van der Waals surface area contributed by atoms with Crippen molar-refractivity contribution in [2.45, 2.75) is 24.5 Å². The summed E-state index contributed by atoms with van der Waals surface area (Å²) in [5.74, 6) is -1.77. The molecule has 0 radical (unpaired) electrons. The second-order valence-electron chi connectivity index (χ2n) is 8.62. The van der Waals surface area contributed by atoms with Gasteiger partial charge in [-0.3, -0.25) is 34.7 Å². The molecule has 0 unspecified atom stereocenters. The monoisotopic (exact) mass is 487 g/mol. The minimum Gasteiger partial charge on any atom is -0.372 e. The van der Waals surface area contributed by atoms with E-state index in [9.17, 15) is 29.6 Å². The topological polar surface area (TPSA) is 130 Å². The molecule has 2 N–H and O–H groups in total. The smallest absolute Gasteiger partial charge is 0.269 e. The first kappa shape index (κ1) is 24.9. The Morgan fingerprint density at radius 2 is 1.50 bits per heavy atom. The van der Waals surface area contributed by atoms with Gasteiger partial charge in [0.15, 0.2) is 11.4 Å². The van der Waals surface area contributed by atoms with Gasteiger partial charge in [0, 0.05) is 17.7 Å². The van der Waals surface area contributed by atoms with Gasteiger partial charge in [0.25, 0.3) is 11.6 Å². The van der Waals surface area contributed by atoms with Gasteiger partial charge in [-0.05, 0) is 42.6 Å². The zero-order valence-corrected chi connectivity index (χ0v) is 19.4. The molecule has 1 atom stereocenters. The maximum Gasteiger partial charge on any atom is 0.269 e. The summed E-state index contributed by atoms with van der Waals surface area (Å²) in [4.78, 5) is 51.2. The number of imide groups is 1. The van der Waals surface area contributed by atoms with E-state index in [1.807, 2.05) is 0 Å². The normalized spacial score (nSPS) is 15.9. The van der Waals surface area contributed by atoms with Crippen LogP contribution in [0.2, 0.25) is 0 Å². The van der Waals surface area contributed by atoms with E-state index in [0.717, 1.165) is 0 Å². The first-order chi connectivity index (χ1) is 17.3. The number of non-ortho nitro benzene ring substituents is 1. The molecule has 2 amide bonds. The van der Waals surface area contributed by atoms with E-state index in [2.05, 4.69) is 5.32 Å². The van der Waals surface area contributed by atoms with E-state index in [0.29, 0.717) is 36.1 Å². The molecule has 0 saturated carbocycles. The second-order valence-corrected chi connectivity index (χ2v) is 8.62. The molecule has 184 valence electrons. The third-order valence-corrected chi connectivity index (χ3v) is 6.36. The zero-order chi connectivity index (χ0) is 25.7. The maximum absolute atomic E-state index is 13.3. The van der Waals surface area contributed by atoms with Gasteiger partial charge in [-0.25, -0.2) is 0 Å². The Labute approximate surface area is 207 Å². The third kappa shape index (κ3) is 5.07. The van der Waals surface area contributed by atoms with E-state index >= 15 is 0 Å². The summed E-state index contributed by atoms with van der Waals surface area (Å²) >= 11 is 0. The van der Waals surface area contributed by atoms with Crippen LogP contribution in [0.25, 0.3) is 0 Å². The number of hydrogen-bond donors (Lipinski definition) is 2. The fourth-order valence-corrected chi connectivity index (χ4v) is 4.43. The molecule has 4 rings (SSSR count). The number of benzene rings is 3. The highest BCUT2D eigenvalue weighted by Gasteiger charge is 2.42. The maximum atomic E-state index is 13.3. The summed E-state index contributed by atoms with van der Waals surface area (Å²) < 4.78 is 0. The van der Waals surface area contributed by atoms with Crippen molar-refractivity contribution in [3.63, 3.8) is 0 Å². The minimum atomic E-state index is -2.09. The molecule has 36 heavy (non-hydrogen) atoms. The summed E-state index contributed by atoms with van der Waals surface area (Å²) in [6.07, 6.45) is 1.10. The van der Waals surface area contributed by atoms with Gasteiger partial charge in [-0.2, -0.15) is 0 Å². The second kappa shape index (κ2) is 10.6. The van der Waals surface area contributed by atoms with Gasteiger partial charge in [-0.1, -0.05) is 60.7 Å². The molecule has 9 heteroatoms. The lowest BCUT2D eigenvalue weighted by Crippen LogP contribution is -2.53. The molecule has 0 spiro atoms. The number of nitrogens with one attached hydrogen (secondary N) is 1. The third-order valence-electron chi connectivity index (χ3n) is 6.36. The number of nitro groups is 1. The minimum absolute atomic E-state index is 0.0777. The Kier molecular flexibility index (Phi) is 7.33. The summed E-state index contributed by atoms with van der Waals surface area (Å²) in [5.41, 5.74) is -1.27. The Hall–Kier alpha value is -4.21. The van der Waals surface area contributed by atoms with Crippen LogP contribution in [-0.4, -0.2) is 51.7 Å². The van der Waals surface area contributed by atoms with E-state index in [1.165, 1.54) is 24.3 Å². The van der Waals surface area contributed by atoms with Crippen LogP contribution in [0.1, 0.15) is 34.3 Å². The number of likely N-dealkylation sites (tertiary alicyclic amines) is 1. The predicted octanol–water partition coefficient (Wildman–Crippen LogP) is 2.82. The van der Waals surface area contributed by atoms with E-state index in [1.54, 1.807) is 65.6 Å². The summed E-state index contributed by atoms with van der Waals surface area (Å²) in [6, 6.07) is 21.3. The number of rotatable bonds is 8. The lowest BCUT2D eigenvalue weighted by atomic mass is 9.85. The Morgan fingerprint density at radius 3 is 2.03 bits per heavy atom. The van der Waals surface area contributed by atoms with Crippen LogP contribution in [0, 0.1) is 10.1 Å². The molecule has 9 nitrogen and oxygen atoms in total. The number of aliphatic hydroxyl groups is 1. The Morgan fingerprint density at radius 1 is 0.944 bits per heavy atom. The van der Waals surface area contributed by atoms with Crippen molar-refractivity contribution in [3.8, 4) is 0 Å². The van der Waals surface area contributed by atoms with Gasteiger partial charge >= 0.3 is 0 Å². The van der Waals surface area contributed by atoms with Gasteiger partial charge in [0.2, 0.25) is 5.91 Å². The SMILES string of the molecule is O=C(CN1CCC[C@H]1C(=O)NC(=O)C(O)(c1ccccc1)c1ccccc1)c1ccc([N+](=O)[O-])cc1. The quantitative estimate of drug-likeness (QED) is 0.284. The molecule has 1 aliphatic heterocycles. The Balaban J connectivity index is 1.49. The van der Waals surface area contributed by atoms with Crippen LogP contribution in [0.5, 0.6) is 0 Å². The van der Waals surface area contributed by atoms with Crippen LogP contribution in [0.3, 0.4) is 0 Å². The van der Waals surface area contributed by atoms with E-state index < -0.39 is 28.4 Å². The first-order valence-electron chi connectivity index (χ1n) is 11.5. The predicted molar refractivity (Wildman–Crippen MR) is 131 cm³/mol. The highest BCUT2D eigenvalue weighted by atomic mass is 16.6. The van der Waals surface area contributed by atoms with Gasteiger partial charge < -0.3 is 5.11 Å². The molecule has 0 aliphatic carbocycles. The van der Waals surface area contributed by atoms with Crippen LogP contribution in [0.4, 0.5) is 5.69 Å². The zero-order valence-electron chi connectivity index (χ0n) is 19.4. The highest BCUT2D eigenvalue weighted by molar-refractivity contribution is 6.04. The molecule has 1 aliphatic rings. The summed E-state index contributed by atoms with van der Waals surface area (Å²) in [6.45, 7) is 0.401. The Bertz CT molecular complexity index is 1220. The number of nitro benzene ring substituents is 1. The van der Waals surface area contributed by atoms with Gasteiger partial charge in [-0.15, -0.1) is 0 Å². The number of carbonyl (C=O) groups excluding carboxylic acids is 3. The number of ketones is 1. The van der Waals surface area contributed by atoms with Crippen molar-refractivity contribution in [2.24, 2.45) is 0 Å². The molecule has 3 aromatic rings. The van der Waals surface area contributed by atoms with Crippen molar-refractivity contribution < 1.29 is 24.4 Å². The molecular formula is C27H25N3O6. The number of carbonyl (C=O) groups is 3. The lowest BCUT2D eigenvalue weighted by Gasteiger charge is -2.29. The van der Waals surface area contributed by atoms with Crippen molar-refractivity contribution in [2.75, 3.05) is 13.1 Å². The highest BCUT2D eigenvalue weighted by Crippen LogP contribution is 2.30. The van der Waals surface area contributed by atoms with Crippen molar-refractivity contribution in [1.82, 2.24) is 10.2 Å². The fourth-order valence-electron chi connectivity index (χ4n) is 4.43. The fraction of sp³-hybridized carbons (Fsp3) is 0.222. The van der Waals surface area contributed by atoms with Crippen molar-refractivity contribution in [1.29, 1.82) is 0 Å². The van der Waals surface area contributed by atoms with Gasteiger partial charge in [0.05, 0.1) is 17.5 Å². The molecule has 0 bridgehead atoms. The van der Waals surface area contributed by atoms with Crippen LogP contribution in [0.15, 0.2) is 84.9 Å². The molecule has 1 fully saturated rings. The summed E-state index contributed by atoms with van der Waals surface area (Å²) in [7, 11) is 0. The summed E-state index contributed by atoms with van der Waals surface area (Å²) in [5, 5.41) is 24.8. The van der Waals surface area contributed by atoms with E-state index in [-0.39, 0.29) is 18.0 Å². The largest absolute Gasteiger partial charge is 0.372 e. The standard InChI is InChI=1S/C27H25N3O6/c31-24(19-13-15-22(16-14-19)30(35)36)18-29-17-7-12-23(29)25(32)28-26(33)27(34,20-8-3-1-4-9-20)21-10-5-2-6-11-21/h1-6,8-11,13-16,23,34H,7,12,17-18H2,(H,28,32,33)/t23-/m0/s1.